The Bertz CT molecular complexity index is 1320. The van der Waals surface area contributed by atoms with E-state index < -0.39 is 22.0 Å². The lowest BCUT2D eigenvalue weighted by molar-refractivity contribution is -0.127. The van der Waals surface area contributed by atoms with Crippen LogP contribution in [-0.2, 0) is 14.8 Å². The van der Waals surface area contributed by atoms with E-state index in [9.17, 15) is 18.0 Å². The number of hydrogen-bond acceptors (Lipinski definition) is 5. The smallest absolute Gasteiger partial charge is 0.254 e. The topological polar surface area (TPSA) is 111 Å². The van der Waals surface area contributed by atoms with Crippen LogP contribution in [0.25, 0.3) is 0 Å². The molecular weight excluding hydrogens is 523 g/mol. The van der Waals surface area contributed by atoms with Crippen molar-refractivity contribution in [2.45, 2.75) is 43.2 Å². The number of likely N-dealkylation sites (tertiary alicyclic amines) is 1. The zero-order chi connectivity index (χ0) is 26.0. The molecule has 0 radical (unpaired) electrons. The Hall–Kier alpha value is -2.64. The van der Waals surface area contributed by atoms with Crippen LogP contribution in [0.5, 0.6) is 0 Å². The lowest BCUT2D eigenvalue weighted by atomic mass is 9.99. The van der Waals surface area contributed by atoms with Gasteiger partial charge in [0.1, 0.15) is 6.04 Å². The third kappa shape index (κ3) is 5.37. The number of piperidine rings is 1. The molecule has 0 unspecified atom stereocenters. The number of benzene rings is 2. The highest BCUT2D eigenvalue weighted by Gasteiger charge is 2.38. The second-order valence-electron chi connectivity index (χ2n) is 9.09. The molecule has 0 aliphatic carbocycles. The molecule has 1 N–H and O–H groups in total. The van der Waals surface area contributed by atoms with Crippen LogP contribution in [0.2, 0.25) is 10.0 Å². The second-order valence-corrected chi connectivity index (χ2v) is 11.8. The van der Waals surface area contributed by atoms with E-state index in [0.29, 0.717) is 23.0 Å². The predicted molar refractivity (Wildman–Crippen MR) is 136 cm³/mol. The summed E-state index contributed by atoms with van der Waals surface area (Å²) in [5.74, 6) is -0.996. The minimum absolute atomic E-state index is 0.00371. The SMILES string of the molecule is C[C@@H](NC(=O)[C@H]1CCCCN1C(=O)c1cccc(S(=O)(=O)N2CC(C#N)C2)c1)c1ccc(Cl)c(Cl)c1. The first-order valence-corrected chi connectivity index (χ1v) is 13.9. The summed E-state index contributed by atoms with van der Waals surface area (Å²) in [7, 11) is -3.80. The van der Waals surface area contributed by atoms with E-state index in [1.165, 1.54) is 27.4 Å². The molecule has 36 heavy (non-hydrogen) atoms. The Morgan fingerprint density at radius 3 is 2.56 bits per heavy atom. The lowest BCUT2D eigenvalue weighted by Gasteiger charge is -2.36. The number of carbonyl (C=O) groups is 2. The number of nitrogens with zero attached hydrogens (tertiary/aromatic N) is 3. The molecule has 2 aliphatic heterocycles. The summed E-state index contributed by atoms with van der Waals surface area (Å²) in [6.07, 6.45) is 2.05. The van der Waals surface area contributed by atoms with Gasteiger partial charge < -0.3 is 10.2 Å². The van der Waals surface area contributed by atoms with Crippen molar-refractivity contribution in [1.82, 2.24) is 14.5 Å². The molecule has 8 nitrogen and oxygen atoms in total. The molecule has 0 bridgehead atoms. The van der Waals surface area contributed by atoms with Crippen molar-refractivity contribution in [3.63, 3.8) is 0 Å². The summed E-state index contributed by atoms with van der Waals surface area (Å²) in [6, 6.07) is 12.0. The first-order valence-electron chi connectivity index (χ1n) is 11.7. The molecule has 2 atom stereocenters. The highest BCUT2D eigenvalue weighted by molar-refractivity contribution is 7.89. The Morgan fingerprint density at radius 1 is 1.11 bits per heavy atom. The zero-order valence-corrected chi connectivity index (χ0v) is 22.0. The van der Waals surface area contributed by atoms with E-state index in [0.717, 1.165) is 18.4 Å². The van der Waals surface area contributed by atoms with Gasteiger partial charge in [0, 0.05) is 25.2 Å². The van der Waals surface area contributed by atoms with E-state index in [4.69, 9.17) is 28.5 Å². The fraction of sp³-hybridized carbons (Fsp3) is 0.400. The highest BCUT2D eigenvalue weighted by Crippen LogP contribution is 2.28. The summed E-state index contributed by atoms with van der Waals surface area (Å²) in [4.78, 5) is 28.2. The van der Waals surface area contributed by atoms with E-state index in [1.54, 1.807) is 24.3 Å². The lowest BCUT2D eigenvalue weighted by Crippen LogP contribution is -2.52. The van der Waals surface area contributed by atoms with E-state index in [-0.39, 0.29) is 41.4 Å². The molecule has 2 aromatic carbocycles. The van der Waals surface area contributed by atoms with Gasteiger partial charge in [0.15, 0.2) is 0 Å². The molecule has 11 heteroatoms. The molecule has 2 aromatic rings. The van der Waals surface area contributed by atoms with Gasteiger partial charge in [-0.25, -0.2) is 8.42 Å². The van der Waals surface area contributed by atoms with Crippen molar-refractivity contribution in [2.24, 2.45) is 5.92 Å². The number of nitrogens with one attached hydrogen (secondary N) is 1. The summed E-state index contributed by atoms with van der Waals surface area (Å²) in [6.45, 7) is 2.50. The van der Waals surface area contributed by atoms with Gasteiger partial charge >= 0.3 is 0 Å². The minimum atomic E-state index is -3.80. The van der Waals surface area contributed by atoms with Crippen LogP contribution in [-0.4, -0.2) is 55.1 Å². The molecule has 0 saturated carbocycles. The quantitative estimate of drug-likeness (QED) is 0.586. The molecule has 190 valence electrons. The van der Waals surface area contributed by atoms with Crippen molar-refractivity contribution in [3.8, 4) is 6.07 Å². The maximum atomic E-state index is 13.4. The third-order valence-electron chi connectivity index (χ3n) is 6.62. The highest BCUT2D eigenvalue weighted by atomic mass is 35.5. The average Bonchev–Trinajstić information content (AvgIpc) is 2.84. The van der Waals surface area contributed by atoms with Gasteiger partial charge in [-0.3, -0.25) is 9.59 Å². The molecule has 2 amide bonds. The number of nitriles is 1. The largest absolute Gasteiger partial charge is 0.348 e. The fourth-order valence-electron chi connectivity index (χ4n) is 4.44. The second kappa shape index (κ2) is 10.8. The van der Waals surface area contributed by atoms with Gasteiger partial charge in [-0.05, 0) is 62.1 Å². The molecule has 2 saturated heterocycles. The number of halogens is 2. The van der Waals surface area contributed by atoms with Gasteiger partial charge in [-0.15, -0.1) is 0 Å². The van der Waals surface area contributed by atoms with Gasteiger partial charge in [0.05, 0.1) is 33.0 Å². The molecule has 2 aliphatic rings. The molecule has 0 aromatic heterocycles. The fourth-order valence-corrected chi connectivity index (χ4v) is 6.33. The normalized spacial score (nSPS) is 19.7. The minimum Gasteiger partial charge on any atom is -0.348 e. The Labute approximate surface area is 220 Å². The number of carbonyl (C=O) groups excluding carboxylic acids is 2. The van der Waals surface area contributed by atoms with E-state index >= 15 is 0 Å². The molecule has 2 heterocycles. The number of rotatable bonds is 6. The Balaban J connectivity index is 1.50. The standard InChI is InChI=1S/C25H26Cl2N4O4S/c1-16(18-8-9-21(26)22(27)12-18)29-24(32)23-7-2-3-10-31(23)25(33)19-5-4-6-20(11-19)36(34,35)30-14-17(13-28)15-30/h4-6,8-9,11-12,16-17,23H,2-3,7,10,14-15H2,1H3,(H,29,32)/t16-,23-/m1/s1. The molecule has 0 spiro atoms. The summed E-state index contributed by atoms with van der Waals surface area (Å²) < 4.78 is 27.0. The van der Waals surface area contributed by atoms with E-state index in [2.05, 4.69) is 11.4 Å². The van der Waals surface area contributed by atoms with Crippen LogP contribution in [0, 0.1) is 17.2 Å². The molecule has 2 fully saturated rings. The number of sulfonamides is 1. The monoisotopic (exact) mass is 548 g/mol. The third-order valence-corrected chi connectivity index (χ3v) is 9.18. The first kappa shape index (κ1) is 26.4. The van der Waals surface area contributed by atoms with Gasteiger partial charge in [-0.2, -0.15) is 9.57 Å². The Morgan fingerprint density at radius 2 is 1.86 bits per heavy atom. The number of hydrogen-bond donors (Lipinski definition) is 1. The zero-order valence-electron chi connectivity index (χ0n) is 19.7. The predicted octanol–water partition coefficient (Wildman–Crippen LogP) is 4.01. The molecular formula is C25H26Cl2N4O4S. The van der Waals surface area contributed by atoms with Crippen LogP contribution in [0.1, 0.15) is 48.1 Å². The summed E-state index contributed by atoms with van der Waals surface area (Å²) in [5, 5.41) is 12.7. The van der Waals surface area contributed by atoms with Crippen molar-refractivity contribution in [1.29, 1.82) is 5.26 Å². The summed E-state index contributed by atoms with van der Waals surface area (Å²) >= 11 is 12.1. The van der Waals surface area contributed by atoms with E-state index in [1.807, 2.05) is 6.92 Å². The Kier molecular flexibility index (Phi) is 7.90. The van der Waals surface area contributed by atoms with Crippen molar-refractivity contribution < 1.29 is 18.0 Å². The average molecular weight is 549 g/mol. The van der Waals surface area contributed by atoms with Gasteiger partial charge in [0.25, 0.3) is 5.91 Å². The first-order chi connectivity index (χ1) is 17.1. The van der Waals surface area contributed by atoms with Crippen LogP contribution >= 0.6 is 23.2 Å². The van der Waals surface area contributed by atoms with Crippen molar-refractivity contribution >= 4 is 45.0 Å². The maximum Gasteiger partial charge on any atom is 0.254 e. The van der Waals surface area contributed by atoms with Crippen molar-refractivity contribution in [3.05, 3.63) is 63.6 Å². The van der Waals surface area contributed by atoms with Gasteiger partial charge in [-0.1, -0.05) is 35.3 Å². The summed E-state index contributed by atoms with van der Waals surface area (Å²) in [5.41, 5.74) is 0.986. The van der Waals surface area contributed by atoms with Gasteiger partial charge in [0.2, 0.25) is 15.9 Å². The van der Waals surface area contributed by atoms with Crippen LogP contribution in [0.15, 0.2) is 47.4 Å². The van der Waals surface area contributed by atoms with Crippen molar-refractivity contribution in [2.75, 3.05) is 19.6 Å². The van der Waals surface area contributed by atoms with Crippen LogP contribution in [0.4, 0.5) is 0 Å². The maximum absolute atomic E-state index is 13.4. The van der Waals surface area contributed by atoms with Crippen LogP contribution < -0.4 is 5.32 Å². The van der Waals surface area contributed by atoms with Crippen LogP contribution in [0.3, 0.4) is 0 Å². The molecule has 4 rings (SSSR count). The number of amides is 2.